The molecule has 0 bridgehead atoms. The summed E-state index contributed by atoms with van der Waals surface area (Å²) in [5, 5.41) is 8.76. The van der Waals surface area contributed by atoms with Crippen LogP contribution in [0, 0.1) is 13.8 Å². The van der Waals surface area contributed by atoms with Gasteiger partial charge in [-0.15, -0.1) is 0 Å². The first kappa shape index (κ1) is 14.8. The normalized spacial score (nSPS) is 10.2. The number of hydrogen-bond donors (Lipinski definition) is 1. The highest BCUT2D eigenvalue weighted by atomic mass is 16.4. The molecule has 0 saturated heterocycles. The topological polar surface area (TPSA) is 67.5 Å². The Hall–Kier alpha value is -2.62. The second-order valence-corrected chi connectivity index (χ2v) is 4.83. The molecule has 4 heteroatoms. The quantitative estimate of drug-likeness (QED) is 0.640. The third-order valence-electron chi connectivity index (χ3n) is 3.28. The van der Waals surface area contributed by atoms with Crippen LogP contribution in [0.5, 0.6) is 0 Å². The van der Waals surface area contributed by atoms with Gasteiger partial charge in [-0.2, -0.15) is 0 Å². The van der Waals surface area contributed by atoms with E-state index in [2.05, 4.69) is 0 Å². The number of hydrogen-bond acceptors (Lipinski definition) is 3. The first-order valence-corrected chi connectivity index (χ1v) is 6.53. The lowest BCUT2D eigenvalue weighted by Crippen LogP contribution is -2.04. The number of aliphatic carboxylic acids is 1. The van der Waals surface area contributed by atoms with Gasteiger partial charge >= 0.3 is 0 Å². The van der Waals surface area contributed by atoms with Crippen LogP contribution in [0.4, 0.5) is 0 Å². The smallest absolute Gasteiger partial charge is 0.300 e. The standard InChI is InChI=1S/C15H12O2.C2H4O2/c1-9-7-8-13-14(10(9)2)15(16)11-5-3-4-6-12(11)17-13;1-2(3)4/h3-8H,1-2H3;1H3,(H,3,4). The largest absolute Gasteiger partial charge is 0.481 e. The molecule has 0 amide bonds. The highest BCUT2D eigenvalue weighted by Crippen LogP contribution is 2.22. The van der Waals surface area contributed by atoms with Crippen molar-refractivity contribution in [1.82, 2.24) is 0 Å². The summed E-state index contributed by atoms with van der Waals surface area (Å²) >= 11 is 0. The van der Waals surface area contributed by atoms with Crippen molar-refractivity contribution in [2.24, 2.45) is 0 Å². The summed E-state index contributed by atoms with van der Waals surface area (Å²) in [5.41, 5.74) is 3.48. The van der Waals surface area contributed by atoms with Crippen LogP contribution in [-0.4, -0.2) is 11.1 Å². The van der Waals surface area contributed by atoms with E-state index in [9.17, 15) is 4.79 Å². The minimum atomic E-state index is -0.833. The lowest BCUT2D eigenvalue weighted by molar-refractivity contribution is -0.134. The van der Waals surface area contributed by atoms with E-state index in [1.54, 1.807) is 0 Å². The molecular formula is C17H16O4. The van der Waals surface area contributed by atoms with E-state index in [0.717, 1.165) is 18.1 Å². The predicted molar refractivity (Wildman–Crippen MR) is 82.8 cm³/mol. The monoisotopic (exact) mass is 284 g/mol. The van der Waals surface area contributed by atoms with Crippen LogP contribution in [0.3, 0.4) is 0 Å². The third-order valence-corrected chi connectivity index (χ3v) is 3.28. The van der Waals surface area contributed by atoms with Gasteiger partial charge in [-0.1, -0.05) is 18.2 Å². The van der Waals surface area contributed by atoms with E-state index in [-0.39, 0.29) is 5.43 Å². The van der Waals surface area contributed by atoms with Crippen molar-refractivity contribution in [3.63, 3.8) is 0 Å². The maximum atomic E-state index is 12.4. The van der Waals surface area contributed by atoms with Crippen molar-refractivity contribution in [1.29, 1.82) is 0 Å². The van der Waals surface area contributed by atoms with Gasteiger partial charge in [0.1, 0.15) is 11.2 Å². The maximum Gasteiger partial charge on any atom is 0.300 e. The summed E-state index contributed by atoms with van der Waals surface area (Å²) in [5.74, 6) is -0.833. The lowest BCUT2D eigenvalue weighted by atomic mass is 10.0. The summed E-state index contributed by atoms with van der Waals surface area (Å²) in [6.45, 7) is 5.05. The van der Waals surface area contributed by atoms with Gasteiger partial charge in [-0.05, 0) is 43.2 Å². The second kappa shape index (κ2) is 5.79. The molecule has 0 fully saturated rings. The van der Waals surface area contributed by atoms with E-state index in [4.69, 9.17) is 14.3 Å². The molecule has 0 atom stereocenters. The molecule has 0 unspecified atom stereocenters. The minimum absolute atomic E-state index is 0.0584. The molecule has 2 aromatic carbocycles. The fourth-order valence-electron chi connectivity index (χ4n) is 2.15. The second-order valence-electron chi connectivity index (χ2n) is 4.83. The number of fused-ring (bicyclic) bond motifs is 2. The molecule has 0 aliphatic carbocycles. The molecule has 0 radical (unpaired) electrons. The van der Waals surface area contributed by atoms with Crippen molar-refractivity contribution in [3.05, 3.63) is 57.7 Å². The summed E-state index contributed by atoms with van der Waals surface area (Å²) in [6, 6.07) is 11.2. The molecule has 1 N–H and O–H groups in total. The number of rotatable bonds is 0. The molecule has 0 saturated carbocycles. The third kappa shape index (κ3) is 2.94. The van der Waals surface area contributed by atoms with Crippen molar-refractivity contribution in [3.8, 4) is 0 Å². The fourth-order valence-corrected chi connectivity index (χ4v) is 2.15. The number of carboxylic acids is 1. The van der Waals surface area contributed by atoms with Gasteiger partial charge in [0.15, 0.2) is 0 Å². The lowest BCUT2D eigenvalue weighted by Gasteiger charge is -2.05. The number of carbonyl (C=O) groups is 1. The number of carboxylic acid groups (broad SMARTS) is 1. The summed E-state index contributed by atoms with van der Waals surface area (Å²) in [6.07, 6.45) is 0. The van der Waals surface area contributed by atoms with Crippen LogP contribution in [0.2, 0.25) is 0 Å². The van der Waals surface area contributed by atoms with Crippen LogP contribution in [0.1, 0.15) is 18.1 Å². The molecule has 3 rings (SSSR count). The number of aryl methyl sites for hydroxylation is 2. The SMILES string of the molecule is CC(=O)O.Cc1ccc2oc3ccccc3c(=O)c2c1C. The Bertz CT molecular complexity index is 871. The molecule has 1 heterocycles. The number of para-hydroxylation sites is 1. The predicted octanol–water partition coefficient (Wildman–Crippen LogP) is 3.65. The number of benzene rings is 2. The Kier molecular flexibility index (Phi) is 4.08. The van der Waals surface area contributed by atoms with Crippen molar-refractivity contribution >= 4 is 27.9 Å². The van der Waals surface area contributed by atoms with Gasteiger partial charge in [-0.3, -0.25) is 9.59 Å². The average Bonchev–Trinajstić information content (AvgIpc) is 2.42. The van der Waals surface area contributed by atoms with E-state index >= 15 is 0 Å². The van der Waals surface area contributed by atoms with Gasteiger partial charge in [0.05, 0.1) is 10.8 Å². The molecular weight excluding hydrogens is 268 g/mol. The summed E-state index contributed by atoms with van der Waals surface area (Å²) in [7, 11) is 0. The molecule has 4 nitrogen and oxygen atoms in total. The average molecular weight is 284 g/mol. The van der Waals surface area contributed by atoms with Gasteiger partial charge in [0, 0.05) is 6.92 Å². The molecule has 21 heavy (non-hydrogen) atoms. The highest BCUT2D eigenvalue weighted by molar-refractivity contribution is 5.91. The zero-order valence-electron chi connectivity index (χ0n) is 12.1. The summed E-state index contributed by atoms with van der Waals surface area (Å²) < 4.78 is 5.76. The molecule has 108 valence electrons. The van der Waals surface area contributed by atoms with Gasteiger partial charge in [-0.25, -0.2) is 0 Å². The van der Waals surface area contributed by atoms with Crippen LogP contribution in [0.15, 0.2) is 45.6 Å². The van der Waals surface area contributed by atoms with Crippen LogP contribution in [0.25, 0.3) is 21.9 Å². The molecule has 0 spiro atoms. The first-order chi connectivity index (χ1) is 9.91. The minimum Gasteiger partial charge on any atom is -0.481 e. The van der Waals surface area contributed by atoms with Crippen molar-refractivity contribution < 1.29 is 14.3 Å². The zero-order chi connectivity index (χ0) is 15.6. The maximum absolute atomic E-state index is 12.4. The van der Waals surface area contributed by atoms with Crippen LogP contribution < -0.4 is 5.43 Å². The van der Waals surface area contributed by atoms with Gasteiger partial charge in [0.2, 0.25) is 5.43 Å². The Morgan fingerprint density at radius 1 is 1.05 bits per heavy atom. The molecule has 1 aromatic heterocycles. The molecule has 3 aromatic rings. The van der Waals surface area contributed by atoms with Crippen LogP contribution >= 0.6 is 0 Å². The first-order valence-electron chi connectivity index (χ1n) is 6.53. The highest BCUT2D eigenvalue weighted by Gasteiger charge is 2.10. The van der Waals surface area contributed by atoms with E-state index in [1.165, 1.54) is 0 Å². The van der Waals surface area contributed by atoms with Crippen molar-refractivity contribution in [2.75, 3.05) is 0 Å². The Morgan fingerprint density at radius 3 is 2.33 bits per heavy atom. The zero-order valence-corrected chi connectivity index (χ0v) is 12.1. The van der Waals surface area contributed by atoms with Gasteiger partial charge < -0.3 is 9.52 Å². The molecule has 0 aliphatic heterocycles. The van der Waals surface area contributed by atoms with Gasteiger partial charge in [0.25, 0.3) is 5.97 Å². The Morgan fingerprint density at radius 2 is 1.67 bits per heavy atom. The van der Waals surface area contributed by atoms with E-state index in [0.29, 0.717) is 21.9 Å². The summed E-state index contributed by atoms with van der Waals surface area (Å²) in [4.78, 5) is 21.4. The van der Waals surface area contributed by atoms with E-state index < -0.39 is 5.97 Å². The fraction of sp³-hybridized carbons (Fsp3) is 0.176. The Labute approximate surface area is 121 Å². The van der Waals surface area contributed by atoms with Crippen molar-refractivity contribution in [2.45, 2.75) is 20.8 Å². The van der Waals surface area contributed by atoms with E-state index in [1.807, 2.05) is 50.2 Å². The Balaban J connectivity index is 0.000000361. The van der Waals surface area contributed by atoms with Crippen LogP contribution in [-0.2, 0) is 4.79 Å². The molecule has 0 aliphatic rings.